The fraction of sp³-hybridized carbons (Fsp3) is 0. The molecule has 0 saturated heterocycles. The second-order valence-corrected chi connectivity index (χ2v) is 7.08. The predicted octanol–water partition coefficient (Wildman–Crippen LogP) is 6.58. The van der Waals surface area contributed by atoms with E-state index in [1.54, 1.807) is 24.4 Å². The molecule has 0 N–H and O–H groups in total. The number of aliphatic imine (C=N–C) groups is 1. The number of halogens is 1. The molecule has 0 aliphatic rings. The summed E-state index contributed by atoms with van der Waals surface area (Å²) < 4.78 is 6.81. The van der Waals surface area contributed by atoms with E-state index in [0.29, 0.717) is 11.5 Å². The van der Waals surface area contributed by atoms with E-state index in [0.717, 1.165) is 26.8 Å². The Labute approximate surface area is 174 Å². The van der Waals surface area contributed by atoms with Crippen LogP contribution in [0.1, 0.15) is 5.56 Å². The van der Waals surface area contributed by atoms with Crippen LogP contribution in [0.2, 0.25) is 0 Å². The minimum atomic E-state index is -0.419. The molecule has 4 aromatic rings. The first-order valence-corrected chi connectivity index (χ1v) is 9.49. The van der Waals surface area contributed by atoms with Gasteiger partial charge in [0, 0.05) is 28.4 Å². The minimum absolute atomic E-state index is 0.0687. The zero-order valence-corrected chi connectivity index (χ0v) is 16.6. The van der Waals surface area contributed by atoms with Crippen molar-refractivity contribution in [3.05, 3.63) is 93.0 Å². The number of nitro groups is 1. The van der Waals surface area contributed by atoms with Crippen LogP contribution in [0.3, 0.4) is 0 Å². The molecule has 0 aliphatic heterocycles. The summed E-state index contributed by atoms with van der Waals surface area (Å²) in [5.41, 5.74) is 4.01. The van der Waals surface area contributed by atoms with E-state index in [2.05, 4.69) is 25.9 Å². The molecule has 0 amide bonds. The fourth-order valence-electron chi connectivity index (χ4n) is 2.70. The van der Waals surface area contributed by atoms with Gasteiger partial charge in [0.1, 0.15) is 5.52 Å². The van der Waals surface area contributed by atoms with Gasteiger partial charge in [-0.25, -0.2) is 4.98 Å². The van der Waals surface area contributed by atoms with E-state index in [1.807, 2.05) is 48.5 Å². The van der Waals surface area contributed by atoms with E-state index in [4.69, 9.17) is 4.42 Å². The highest BCUT2D eigenvalue weighted by molar-refractivity contribution is 9.10. The van der Waals surface area contributed by atoms with Crippen LogP contribution in [0.25, 0.3) is 28.6 Å². The van der Waals surface area contributed by atoms with Gasteiger partial charge in [0.15, 0.2) is 5.58 Å². The molecule has 6 nitrogen and oxygen atoms in total. The normalized spacial score (nSPS) is 11.6. The van der Waals surface area contributed by atoms with Gasteiger partial charge in [0.05, 0.1) is 10.6 Å². The Balaban J connectivity index is 1.49. The molecule has 0 spiro atoms. The number of nitrogens with zero attached hydrogens (tertiary/aromatic N) is 3. The lowest BCUT2D eigenvalue weighted by molar-refractivity contribution is -0.384. The maximum Gasteiger partial charge on any atom is 0.269 e. The second kappa shape index (κ2) is 8.20. The van der Waals surface area contributed by atoms with Gasteiger partial charge >= 0.3 is 0 Å². The van der Waals surface area contributed by atoms with E-state index in [-0.39, 0.29) is 5.69 Å². The van der Waals surface area contributed by atoms with Crippen LogP contribution < -0.4 is 0 Å². The molecule has 0 aliphatic carbocycles. The zero-order valence-electron chi connectivity index (χ0n) is 15.0. The third-order valence-corrected chi connectivity index (χ3v) is 4.69. The van der Waals surface area contributed by atoms with Gasteiger partial charge in [-0.1, -0.05) is 22.0 Å². The van der Waals surface area contributed by atoms with Crippen molar-refractivity contribution in [2.24, 2.45) is 4.99 Å². The lowest BCUT2D eigenvalue weighted by Crippen LogP contribution is -1.86. The van der Waals surface area contributed by atoms with Crippen LogP contribution in [-0.4, -0.2) is 16.1 Å². The molecular weight excluding hydrogens is 434 g/mol. The standard InChI is InChI=1S/C22H14BrN3O3/c23-17-7-5-16(6-8-17)22-25-20-14-18(9-12-21(20)29-22)24-13-1-2-15-3-10-19(11-4-15)26(27)28/h1-14H/b2-1+,24-13?. The van der Waals surface area contributed by atoms with Crippen molar-refractivity contribution in [3.8, 4) is 11.5 Å². The summed E-state index contributed by atoms with van der Waals surface area (Å²) >= 11 is 3.42. The van der Waals surface area contributed by atoms with E-state index < -0.39 is 4.92 Å². The first-order valence-electron chi connectivity index (χ1n) is 8.70. The van der Waals surface area contributed by atoms with Crippen LogP contribution in [0.4, 0.5) is 11.4 Å². The van der Waals surface area contributed by atoms with Crippen molar-refractivity contribution in [1.29, 1.82) is 0 Å². The van der Waals surface area contributed by atoms with Crippen molar-refractivity contribution in [2.45, 2.75) is 0 Å². The monoisotopic (exact) mass is 447 g/mol. The zero-order chi connectivity index (χ0) is 20.2. The molecule has 1 heterocycles. The number of aromatic nitrogens is 1. The minimum Gasteiger partial charge on any atom is -0.436 e. The Bertz CT molecular complexity index is 1230. The van der Waals surface area contributed by atoms with E-state index in [9.17, 15) is 10.1 Å². The summed E-state index contributed by atoms with van der Waals surface area (Å²) in [6, 6.07) is 19.6. The van der Waals surface area contributed by atoms with E-state index in [1.165, 1.54) is 12.1 Å². The van der Waals surface area contributed by atoms with Gasteiger partial charge in [-0.2, -0.15) is 0 Å². The van der Waals surface area contributed by atoms with Crippen LogP contribution >= 0.6 is 15.9 Å². The summed E-state index contributed by atoms with van der Waals surface area (Å²) in [4.78, 5) is 19.2. The Morgan fingerprint density at radius 3 is 2.52 bits per heavy atom. The molecule has 0 bridgehead atoms. The van der Waals surface area contributed by atoms with Crippen molar-refractivity contribution in [2.75, 3.05) is 0 Å². The predicted molar refractivity (Wildman–Crippen MR) is 117 cm³/mol. The Morgan fingerprint density at radius 2 is 1.79 bits per heavy atom. The summed E-state index contributed by atoms with van der Waals surface area (Å²) in [5, 5.41) is 10.7. The Hall–Kier alpha value is -3.58. The van der Waals surface area contributed by atoms with Gasteiger partial charge in [-0.05, 0) is 66.2 Å². The van der Waals surface area contributed by atoms with Crippen LogP contribution in [0.15, 0.2) is 86.7 Å². The number of rotatable bonds is 5. The first-order chi connectivity index (χ1) is 14.1. The topological polar surface area (TPSA) is 81.5 Å². The highest BCUT2D eigenvalue weighted by Gasteiger charge is 2.08. The number of hydrogen-bond donors (Lipinski definition) is 0. The number of oxazole rings is 1. The summed E-state index contributed by atoms with van der Waals surface area (Å²) in [7, 11) is 0. The molecular formula is C22H14BrN3O3. The summed E-state index contributed by atoms with van der Waals surface area (Å²) in [6.07, 6.45) is 5.27. The molecule has 142 valence electrons. The number of non-ortho nitro benzene ring substituents is 1. The quantitative estimate of drug-likeness (QED) is 0.196. The van der Waals surface area contributed by atoms with Crippen LogP contribution in [-0.2, 0) is 0 Å². The lowest BCUT2D eigenvalue weighted by Gasteiger charge is -1.94. The molecule has 7 heteroatoms. The molecule has 1 aromatic heterocycles. The lowest BCUT2D eigenvalue weighted by atomic mass is 10.2. The van der Waals surface area contributed by atoms with Crippen LogP contribution in [0, 0.1) is 10.1 Å². The maximum atomic E-state index is 10.7. The largest absolute Gasteiger partial charge is 0.436 e. The average molecular weight is 448 g/mol. The smallest absolute Gasteiger partial charge is 0.269 e. The molecule has 4 rings (SSSR count). The number of benzene rings is 3. The molecule has 0 radical (unpaired) electrons. The number of nitro benzene ring substituents is 1. The third-order valence-electron chi connectivity index (χ3n) is 4.16. The fourth-order valence-corrected chi connectivity index (χ4v) is 2.97. The van der Waals surface area contributed by atoms with Crippen molar-refractivity contribution >= 4 is 50.7 Å². The van der Waals surface area contributed by atoms with Crippen LogP contribution in [0.5, 0.6) is 0 Å². The maximum absolute atomic E-state index is 10.7. The Kier molecular flexibility index (Phi) is 5.31. The molecule has 0 atom stereocenters. The molecule has 29 heavy (non-hydrogen) atoms. The molecule has 3 aromatic carbocycles. The Morgan fingerprint density at radius 1 is 1.03 bits per heavy atom. The molecule has 0 unspecified atom stereocenters. The number of fused-ring (bicyclic) bond motifs is 1. The average Bonchev–Trinajstić information content (AvgIpc) is 3.15. The highest BCUT2D eigenvalue weighted by atomic mass is 79.9. The van der Waals surface area contributed by atoms with Crippen molar-refractivity contribution < 1.29 is 9.34 Å². The van der Waals surface area contributed by atoms with Gasteiger partial charge in [-0.3, -0.25) is 15.1 Å². The van der Waals surface area contributed by atoms with Gasteiger partial charge in [0.25, 0.3) is 5.69 Å². The molecule has 0 fully saturated rings. The molecule has 0 saturated carbocycles. The van der Waals surface area contributed by atoms with E-state index >= 15 is 0 Å². The highest BCUT2D eigenvalue weighted by Crippen LogP contribution is 2.27. The van der Waals surface area contributed by atoms with Gasteiger partial charge in [0.2, 0.25) is 5.89 Å². The van der Waals surface area contributed by atoms with Gasteiger partial charge < -0.3 is 4.42 Å². The number of allylic oxidation sites excluding steroid dienone is 1. The van der Waals surface area contributed by atoms with Gasteiger partial charge in [-0.15, -0.1) is 0 Å². The van der Waals surface area contributed by atoms with Crippen molar-refractivity contribution in [1.82, 2.24) is 4.98 Å². The second-order valence-electron chi connectivity index (χ2n) is 6.16. The third kappa shape index (κ3) is 4.47. The SMILES string of the molecule is O=[N+]([O-])c1ccc(/C=C/C=Nc2ccc3oc(-c4ccc(Br)cc4)nc3c2)cc1. The summed E-state index contributed by atoms with van der Waals surface area (Å²) in [5.74, 6) is 0.562. The van der Waals surface area contributed by atoms with Crippen molar-refractivity contribution in [3.63, 3.8) is 0 Å². The summed E-state index contributed by atoms with van der Waals surface area (Å²) in [6.45, 7) is 0. The first kappa shape index (κ1) is 18.8. The number of hydrogen-bond acceptors (Lipinski definition) is 5.